The number of hydrogen-bond donors (Lipinski definition) is 1. The van der Waals surface area contributed by atoms with E-state index in [-0.39, 0.29) is 0 Å². The Hall–Kier alpha value is -1.80. The van der Waals surface area contributed by atoms with E-state index in [2.05, 4.69) is 48.6 Å². The average Bonchev–Trinajstić information content (AvgIpc) is 2.64. The molecule has 0 heterocycles. The highest BCUT2D eigenvalue weighted by atomic mass is 16.5. The Morgan fingerprint density at radius 1 is 0.875 bits per heavy atom. The van der Waals surface area contributed by atoms with Crippen LogP contribution < -0.4 is 10.1 Å². The lowest BCUT2D eigenvalue weighted by molar-refractivity contribution is 0.281. The quantitative estimate of drug-likeness (QED) is 0.758. The van der Waals surface area contributed by atoms with Gasteiger partial charge in [0.15, 0.2) is 0 Å². The molecule has 0 bridgehead atoms. The Labute approximate surface area is 146 Å². The first-order valence-electron chi connectivity index (χ1n) is 9.26. The molecule has 0 aliphatic heterocycles. The van der Waals surface area contributed by atoms with E-state index < -0.39 is 0 Å². The van der Waals surface area contributed by atoms with Crippen molar-refractivity contribution in [2.75, 3.05) is 6.54 Å². The van der Waals surface area contributed by atoms with E-state index >= 15 is 0 Å². The zero-order valence-electron chi connectivity index (χ0n) is 14.7. The van der Waals surface area contributed by atoms with Gasteiger partial charge in [-0.1, -0.05) is 62.2 Å². The van der Waals surface area contributed by atoms with Crippen molar-refractivity contribution in [3.8, 4) is 5.75 Å². The minimum Gasteiger partial charge on any atom is -0.489 e. The molecule has 3 rings (SSSR count). The fourth-order valence-corrected chi connectivity index (χ4v) is 3.40. The van der Waals surface area contributed by atoms with Crippen molar-refractivity contribution in [3.63, 3.8) is 0 Å². The predicted octanol–water partition coefficient (Wildman–Crippen LogP) is 5.18. The number of nitrogens with one attached hydrogen (secondary N) is 1. The van der Waals surface area contributed by atoms with Crippen LogP contribution in [0.15, 0.2) is 54.6 Å². The maximum atomic E-state index is 5.84. The van der Waals surface area contributed by atoms with E-state index in [1.54, 1.807) is 0 Å². The zero-order valence-corrected chi connectivity index (χ0v) is 14.7. The monoisotopic (exact) mass is 323 g/mol. The molecule has 0 aromatic heterocycles. The molecule has 1 saturated carbocycles. The summed E-state index contributed by atoms with van der Waals surface area (Å²) in [6.07, 6.45) is 5.58. The first kappa shape index (κ1) is 17.0. The molecule has 1 N–H and O–H groups in total. The van der Waals surface area contributed by atoms with Crippen LogP contribution in [-0.2, 0) is 13.2 Å². The summed E-state index contributed by atoms with van der Waals surface area (Å²) >= 11 is 0. The van der Waals surface area contributed by atoms with Crippen LogP contribution in [0.2, 0.25) is 0 Å². The fraction of sp³-hybridized carbons (Fsp3) is 0.455. The number of ether oxygens (including phenoxy) is 1. The second kappa shape index (κ2) is 8.89. The van der Waals surface area contributed by atoms with E-state index in [0.717, 1.165) is 30.7 Å². The van der Waals surface area contributed by atoms with Crippen molar-refractivity contribution in [2.45, 2.75) is 45.8 Å². The third-order valence-electron chi connectivity index (χ3n) is 5.07. The van der Waals surface area contributed by atoms with Crippen LogP contribution in [0, 0.1) is 11.8 Å². The van der Waals surface area contributed by atoms with Crippen LogP contribution in [0.3, 0.4) is 0 Å². The van der Waals surface area contributed by atoms with Crippen LogP contribution in [0.5, 0.6) is 5.75 Å². The zero-order chi connectivity index (χ0) is 16.6. The lowest BCUT2D eigenvalue weighted by atomic mass is 9.83. The Kier molecular flexibility index (Phi) is 6.31. The van der Waals surface area contributed by atoms with E-state index in [4.69, 9.17) is 4.74 Å². The highest BCUT2D eigenvalue weighted by Gasteiger charge is 2.17. The van der Waals surface area contributed by atoms with Gasteiger partial charge in [-0.3, -0.25) is 0 Å². The molecule has 2 aromatic carbocycles. The SMILES string of the molecule is CC1CCC(CNCc2ccc(OCc3ccccc3)cc2)CC1. The minimum atomic E-state index is 0.624. The summed E-state index contributed by atoms with van der Waals surface area (Å²) in [6.45, 7) is 5.10. The molecule has 1 aliphatic carbocycles. The third-order valence-corrected chi connectivity index (χ3v) is 5.07. The molecule has 2 aromatic rings. The van der Waals surface area contributed by atoms with Gasteiger partial charge in [0.2, 0.25) is 0 Å². The molecule has 0 saturated heterocycles. The minimum absolute atomic E-state index is 0.624. The molecule has 0 radical (unpaired) electrons. The van der Waals surface area contributed by atoms with Gasteiger partial charge in [-0.2, -0.15) is 0 Å². The number of hydrogen-bond acceptors (Lipinski definition) is 2. The molecular formula is C22H29NO. The Bertz CT molecular complexity index is 585. The second-order valence-corrected chi connectivity index (χ2v) is 7.18. The molecule has 0 amide bonds. The topological polar surface area (TPSA) is 21.3 Å². The average molecular weight is 323 g/mol. The van der Waals surface area contributed by atoms with Crippen LogP contribution in [0.4, 0.5) is 0 Å². The third kappa shape index (κ3) is 5.38. The summed E-state index contributed by atoms with van der Waals surface area (Å²) in [4.78, 5) is 0. The molecule has 128 valence electrons. The molecular weight excluding hydrogens is 294 g/mol. The molecule has 0 atom stereocenters. The van der Waals surface area contributed by atoms with Crippen molar-refractivity contribution in [1.29, 1.82) is 0 Å². The Balaban J connectivity index is 1.38. The smallest absolute Gasteiger partial charge is 0.119 e. The molecule has 2 heteroatoms. The Morgan fingerprint density at radius 3 is 2.29 bits per heavy atom. The molecule has 2 nitrogen and oxygen atoms in total. The van der Waals surface area contributed by atoms with Crippen LogP contribution >= 0.6 is 0 Å². The summed E-state index contributed by atoms with van der Waals surface area (Å²) in [7, 11) is 0. The lowest BCUT2D eigenvalue weighted by Crippen LogP contribution is -2.25. The predicted molar refractivity (Wildman–Crippen MR) is 100 cm³/mol. The van der Waals surface area contributed by atoms with E-state index in [0.29, 0.717) is 6.61 Å². The molecule has 0 unspecified atom stereocenters. The first-order chi connectivity index (χ1) is 11.8. The first-order valence-corrected chi connectivity index (χ1v) is 9.26. The van der Waals surface area contributed by atoms with Gasteiger partial charge in [0, 0.05) is 6.54 Å². The van der Waals surface area contributed by atoms with Gasteiger partial charge in [-0.15, -0.1) is 0 Å². The Morgan fingerprint density at radius 2 is 1.58 bits per heavy atom. The number of benzene rings is 2. The summed E-state index contributed by atoms with van der Waals surface area (Å²) in [5.41, 5.74) is 2.52. The van der Waals surface area contributed by atoms with Gasteiger partial charge in [-0.05, 0) is 54.5 Å². The van der Waals surface area contributed by atoms with E-state index in [1.807, 2.05) is 18.2 Å². The highest BCUT2D eigenvalue weighted by molar-refractivity contribution is 5.27. The van der Waals surface area contributed by atoms with Gasteiger partial charge < -0.3 is 10.1 Å². The van der Waals surface area contributed by atoms with E-state index in [9.17, 15) is 0 Å². The summed E-state index contributed by atoms with van der Waals surface area (Å²) in [5, 5.41) is 3.62. The summed E-state index contributed by atoms with van der Waals surface area (Å²) in [5.74, 6) is 2.74. The van der Waals surface area contributed by atoms with Gasteiger partial charge in [-0.25, -0.2) is 0 Å². The van der Waals surface area contributed by atoms with Gasteiger partial charge in [0.05, 0.1) is 0 Å². The standard InChI is InChI=1S/C22H29NO/c1-18-7-9-19(10-8-18)15-23-16-20-11-13-22(14-12-20)24-17-21-5-3-2-4-6-21/h2-6,11-14,18-19,23H,7-10,15-17H2,1H3. The second-order valence-electron chi connectivity index (χ2n) is 7.18. The normalized spacial score (nSPS) is 20.7. The summed E-state index contributed by atoms with van der Waals surface area (Å²) < 4.78 is 5.84. The maximum absolute atomic E-state index is 5.84. The van der Waals surface area contributed by atoms with Crippen molar-refractivity contribution in [3.05, 3.63) is 65.7 Å². The van der Waals surface area contributed by atoms with Crippen molar-refractivity contribution in [1.82, 2.24) is 5.32 Å². The van der Waals surface area contributed by atoms with Crippen molar-refractivity contribution in [2.24, 2.45) is 11.8 Å². The largest absolute Gasteiger partial charge is 0.489 e. The van der Waals surface area contributed by atoms with Crippen LogP contribution in [0.1, 0.15) is 43.7 Å². The molecule has 1 fully saturated rings. The molecule has 1 aliphatic rings. The van der Waals surface area contributed by atoms with Gasteiger partial charge in [0.1, 0.15) is 12.4 Å². The van der Waals surface area contributed by atoms with E-state index in [1.165, 1.54) is 36.8 Å². The van der Waals surface area contributed by atoms with Crippen LogP contribution in [-0.4, -0.2) is 6.54 Å². The maximum Gasteiger partial charge on any atom is 0.119 e. The highest BCUT2D eigenvalue weighted by Crippen LogP contribution is 2.27. The fourth-order valence-electron chi connectivity index (χ4n) is 3.40. The van der Waals surface area contributed by atoms with Gasteiger partial charge >= 0.3 is 0 Å². The van der Waals surface area contributed by atoms with Crippen molar-refractivity contribution >= 4 is 0 Å². The van der Waals surface area contributed by atoms with Crippen molar-refractivity contribution < 1.29 is 4.74 Å². The molecule has 0 spiro atoms. The molecule has 24 heavy (non-hydrogen) atoms. The van der Waals surface area contributed by atoms with Crippen LogP contribution in [0.25, 0.3) is 0 Å². The summed E-state index contributed by atoms with van der Waals surface area (Å²) in [6, 6.07) is 18.8. The van der Waals surface area contributed by atoms with Gasteiger partial charge in [0.25, 0.3) is 0 Å². The number of rotatable bonds is 7. The lowest BCUT2D eigenvalue weighted by Gasteiger charge is -2.26.